The molecule has 8 heteroatoms. The number of benzene rings is 2. The minimum atomic E-state index is -3.99. The predicted octanol–water partition coefficient (Wildman–Crippen LogP) is 3.16. The van der Waals surface area contributed by atoms with Crippen LogP contribution in [0, 0.1) is 5.92 Å². The molecule has 1 aliphatic heterocycles. The van der Waals surface area contributed by atoms with Crippen LogP contribution in [0.4, 0.5) is 5.69 Å². The summed E-state index contributed by atoms with van der Waals surface area (Å²) in [5.41, 5.74) is 0.292. The molecular weight excluding hydrogens is 404 g/mol. The van der Waals surface area contributed by atoms with Gasteiger partial charge in [0.05, 0.1) is 24.8 Å². The molecular formula is C22H28N2O5S. The number of hydrogen-bond acceptors (Lipinski definition) is 5. The van der Waals surface area contributed by atoms with Crippen molar-refractivity contribution < 1.29 is 22.7 Å². The maximum atomic E-state index is 13.5. The molecule has 7 nitrogen and oxygen atoms in total. The molecule has 0 saturated carbocycles. The van der Waals surface area contributed by atoms with Gasteiger partial charge in [-0.05, 0) is 43.0 Å². The number of nitrogens with zero attached hydrogens (tertiary/aromatic N) is 2. The molecule has 3 rings (SSSR count). The zero-order valence-electron chi connectivity index (χ0n) is 17.6. The SMILES string of the molecule is COc1ccc(N(CC(=O)N2CCC(C)CC2)S(=O)(=O)c2ccccc2)c(OC)c1. The largest absolute Gasteiger partial charge is 0.497 e. The summed E-state index contributed by atoms with van der Waals surface area (Å²) in [7, 11) is -1.01. The second-order valence-corrected chi connectivity index (χ2v) is 9.29. The third-order valence-electron chi connectivity index (χ3n) is 5.40. The number of likely N-dealkylation sites (tertiary alicyclic amines) is 1. The lowest BCUT2D eigenvalue weighted by Crippen LogP contribution is -2.45. The smallest absolute Gasteiger partial charge is 0.264 e. The Kier molecular flexibility index (Phi) is 6.87. The monoisotopic (exact) mass is 432 g/mol. The topological polar surface area (TPSA) is 76.2 Å². The Labute approximate surface area is 178 Å². The van der Waals surface area contributed by atoms with Crippen molar-refractivity contribution in [3.63, 3.8) is 0 Å². The number of carbonyl (C=O) groups is 1. The molecule has 0 atom stereocenters. The van der Waals surface area contributed by atoms with Crippen molar-refractivity contribution in [1.82, 2.24) is 4.90 Å². The summed E-state index contributed by atoms with van der Waals surface area (Å²) in [5.74, 6) is 1.19. The van der Waals surface area contributed by atoms with Gasteiger partial charge in [-0.25, -0.2) is 8.42 Å². The highest BCUT2D eigenvalue weighted by Gasteiger charge is 2.31. The first-order valence-corrected chi connectivity index (χ1v) is 11.4. The van der Waals surface area contributed by atoms with Gasteiger partial charge in [-0.3, -0.25) is 9.10 Å². The molecule has 0 aliphatic carbocycles. The van der Waals surface area contributed by atoms with Crippen LogP contribution >= 0.6 is 0 Å². The lowest BCUT2D eigenvalue weighted by Gasteiger charge is -2.33. The summed E-state index contributed by atoms with van der Waals surface area (Å²) < 4.78 is 38.8. The lowest BCUT2D eigenvalue weighted by molar-refractivity contribution is -0.130. The molecule has 0 unspecified atom stereocenters. The maximum absolute atomic E-state index is 13.5. The number of methoxy groups -OCH3 is 2. The van der Waals surface area contributed by atoms with Crippen LogP contribution in [0.15, 0.2) is 53.4 Å². The van der Waals surface area contributed by atoms with E-state index in [0.29, 0.717) is 36.2 Å². The normalized spacial score (nSPS) is 15.0. The van der Waals surface area contributed by atoms with E-state index in [1.165, 1.54) is 26.4 Å². The number of anilines is 1. The van der Waals surface area contributed by atoms with Gasteiger partial charge >= 0.3 is 0 Å². The molecule has 2 aromatic carbocycles. The Bertz CT molecular complexity index is 970. The van der Waals surface area contributed by atoms with Crippen molar-refractivity contribution in [2.45, 2.75) is 24.7 Å². The highest BCUT2D eigenvalue weighted by atomic mass is 32.2. The summed E-state index contributed by atoms with van der Waals surface area (Å²) in [4.78, 5) is 14.9. The van der Waals surface area contributed by atoms with Crippen molar-refractivity contribution in [3.8, 4) is 11.5 Å². The predicted molar refractivity (Wildman–Crippen MR) is 115 cm³/mol. The number of hydrogen-bond donors (Lipinski definition) is 0. The molecule has 0 radical (unpaired) electrons. The highest BCUT2D eigenvalue weighted by molar-refractivity contribution is 7.92. The zero-order valence-corrected chi connectivity index (χ0v) is 18.4. The van der Waals surface area contributed by atoms with Crippen molar-refractivity contribution >= 4 is 21.6 Å². The van der Waals surface area contributed by atoms with Crippen LogP contribution < -0.4 is 13.8 Å². The van der Waals surface area contributed by atoms with Gasteiger partial charge in [-0.2, -0.15) is 0 Å². The third kappa shape index (κ3) is 4.70. The van der Waals surface area contributed by atoms with E-state index in [2.05, 4.69) is 6.92 Å². The van der Waals surface area contributed by atoms with Crippen molar-refractivity contribution in [3.05, 3.63) is 48.5 Å². The van der Waals surface area contributed by atoms with Crippen LogP contribution in [-0.2, 0) is 14.8 Å². The van der Waals surface area contributed by atoms with E-state index < -0.39 is 10.0 Å². The van der Waals surface area contributed by atoms with Crippen LogP contribution in [0.3, 0.4) is 0 Å². The maximum Gasteiger partial charge on any atom is 0.264 e. The number of carbonyl (C=O) groups excluding carboxylic acids is 1. The quantitative estimate of drug-likeness (QED) is 0.672. The highest BCUT2D eigenvalue weighted by Crippen LogP contribution is 2.35. The first-order chi connectivity index (χ1) is 14.4. The lowest BCUT2D eigenvalue weighted by atomic mass is 9.99. The Morgan fingerprint density at radius 2 is 1.73 bits per heavy atom. The van der Waals surface area contributed by atoms with Gasteiger partial charge in [-0.15, -0.1) is 0 Å². The second-order valence-electron chi connectivity index (χ2n) is 7.43. The van der Waals surface area contributed by atoms with Gasteiger partial charge in [0.1, 0.15) is 18.0 Å². The molecule has 1 aliphatic rings. The summed E-state index contributed by atoms with van der Waals surface area (Å²) in [6.45, 7) is 3.14. The van der Waals surface area contributed by atoms with Gasteiger partial charge in [-0.1, -0.05) is 25.1 Å². The van der Waals surface area contributed by atoms with Gasteiger partial charge in [0.25, 0.3) is 10.0 Å². The molecule has 30 heavy (non-hydrogen) atoms. The Morgan fingerprint density at radius 3 is 2.33 bits per heavy atom. The van der Waals surface area contributed by atoms with Crippen molar-refractivity contribution in [1.29, 1.82) is 0 Å². The van der Waals surface area contributed by atoms with E-state index in [9.17, 15) is 13.2 Å². The average Bonchev–Trinajstić information content (AvgIpc) is 2.78. The first kappa shape index (κ1) is 22.0. The van der Waals surface area contributed by atoms with Crippen molar-refractivity contribution in [2.75, 3.05) is 38.2 Å². The first-order valence-electron chi connectivity index (χ1n) is 9.94. The minimum absolute atomic E-state index is 0.114. The van der Waals surface area contributed by atoms with Gasteiger partial charge in [0.15, 0.2) is 0 Å². The number of amides is 1. The third-order valence-corrected chi connectivity index (χ3v) is 7.18. The second kappa shape index (κ2) is 9.38. The molecule has 0 bridgehead atoms. The van der Waals surface area contributed by atoms with E-state index in [1.807, 2.05) is 0 Å². The minimum Gasteiger partial charge on any atom is -0.497 e. The fourth-order valence-electron chi connectivity index (χ4n) is 3.49. The van der Waals surface area contributed by atoms with Crippen molar-refractivity contribution in [2.24, 2.45) is 5.92 Å². The molecule has 0 N–H and O–H groups in total. The van der Waals surface area contributed by atoms with Crippen LogP contribution in [0.2, 0.25) is 0 Å². The molecule has 1 saturated heterocycles. The summed E-state index contributed by atoms with van der Waals surface area (Å²) in [5, 5.41) is 0. The number of sulfonamides is 1. The standard InChI is InChI=1S/C22H28N2O5S/c1-17-11-13-23(14-12-17)22(25)16-24(30(26,27)19-7-5-4-6-8-19)20-10-9-18(28-2)15-21(20)29-3/h4-10,15,17H,11-14,16H2,1-3H3. The summed E-state index contributed by atoms with van der Waals surface area (Å²) in [6, 6.07) is 13.0. The van der Waals surface area contributed by atoms with Gasteiger partial charge in [0, 0.05) is 19.2 Å². The molecule has 2 aromatic rings. The number of ether oxygens (including phenoxy) is 2. The number of rotatable bonds is 7. The van der Waals surface area contributed by atoms with Crippen LogP contribution in [0.1, 0.15) is 19.8 Å². The molecule has 162 valence electrons. The zero-order chi connectivity index (χ0) is 21.7. The van der Waals surface area contributed by atoms with Crippen LogP contribution in [-0.4, -0.2) is 53.1 Å². The van der Waals surface area contributed by atoms with Gasteiger partial charge < -0.3 is 14.4 Å². The fraction of sp³-hybridized carbons (Fsp3) is 0.409. The van der Waals surface area contributed by atoms with E-state index in [4.69, 9.17) is 9.47 Å². The van der Waals surface area contributed by atoms with E-state index in [0.717, 1.165) is 17.1 Å². The van der Waals surface area contributed by atoms with Crippen LogP contribution in [0.25, 0.3) is 0 Å². The van der Waals surface area contributed by atoms with Crippen LogP contribution in [0.5, 0.6) is 11.5 Å². The molecule has 1 fully saturated rings. The summed E-state index contributed by atoms with van der Waals surface area (Å²) in [6.07, 6.45) is 1.84. The summed E-state index contributed by atoms with van der Waals surface area (Å²) >= 11 is 0. The van der Waals surface area contributed by atoms with E-state index in [1.54, 1.807) is 41.3 Å². The van der Waals surface area contributed by atoms with E-state index >= 15 is 0 Å². The Morgan fingerprint density at radius 1 is 1.07 bits per heavy atom. The molecule has 0 aromatic heterocycles. The van der Waals surface area contributed by atoms with E-state index in [-0.39, 0.29) is 17.3 Å². The molecule has 0 spiro atoms. The molecule has 1 heterocycles. The fourth-order valence-corrected chi connectivity index (χ4v) is 4.94. The molecule has 1 amide bonds. The van der Waals surface area contributed by atoms with Gasteiger partial charge in [0.2, 0.25) is 5.91 Å². The Balaban J connectivity index is 2.00. The number of piperidine rings is 1. The Hall–Kier alpha value is -2.74. The average molecular weight is 433 g/mol.